The number of hydrogen-bond donors (Lipinski definition) is 1. The molecule has 1 saturated carbocycles. The molecule has 8 heteroatoms. The van der Waals surface area contributed by atoms with Crippen LogP contribution in [-0.2, 0) is 14.8 Å². The van der Waals surface area contributed by atoms with E-state index in [9.17, 15) is 13.2 Å². The summed E-state index contributed by atoms with van der Waals surface area (Å²) in [6, 6.07) is 14.4. The summed E-state index contributed by atoms with van der Waals surface area (Å²) in [6.07, 6.45) is 5.04. The second-order valence-corrected chi connectivity index (χ2v) is 8.87. The molecule has 148 valence electrons. The number of nitrogens with one attached hydrogen (secondary N) is 1. The van der Waals surface area contributed by atoms with E-state index in [0.717, 1.165) is 35.7 Å². The third-order valence-corrected chi connectivity index (χ3v) is 6.54. The third-order valence-electron chi connectivity index (χ3n) is 4.50. The second kappa shape index (κ2) is 9.21. The number of para-hydroxylation sites is 1. The van der Waals surface area contributed by atoms with Gasteiger partial charge in [0.25, 0.3) is 15.9 Å². The molecule has 1 fully saturated rings. The lowest BCUT2D eigenvalue weighted by atomic mass is 9.99. The Labute approximate surface area is 170 Å². The van der Waals surface area contributed by atoms with Crippen molar-refractivity contribution in [3.8, 4) is 0 Å². The quantitative estimate of drug-likeness (QED) is 0.719. The topological polar surface area (TPSA) is 78.8 Å². The van der Waals surface area contributed by atoms with Crippen molar-refractivity contribution in [3.63, 3.8) is 0 Å². The summed E-state index contributed by atoms with van der Waals surface area (Å²) in [4.78, 5) is 12.5. The van der Waals surface area contributed by atoms with Crippen LogP contribution in [0, 0.1) is 0 Å². The normalized spacial score (nSPS) is 14.4. The van der Waals surface area contributed by atoms with Gasteiger partial charge in [-0.05, 0) is 62.1 Å². The Kier molecular flexibility index (Phi) is 6.70. The van der Waals surface area contributed by atoms with Crippen LogP contribution in [0.2, 0.25) is 5.02 Å². The van der Waals surface area contributed by atoms with E-state index in [4.69, 9.17) is 11.6 Å². The molecule has 1 amide bonds. The summed E-state index contributed by atoms with van der Waals surface area (Å²) in [5.74, 6) is -0.487. The first kappa shape index (κ1) is 20.4. The number of carbonyl (C=O) groups excluding carboxylic acids is 1. The fourth-order valence-electron chi connectivity index (χ4n) is 3.02. The van der Waals surface area contributed by atoms with Gasteiger partial charge >= 0.3 is 0 Å². The first-order valence-corrected chi connectivity index (χ1v) is 11.0. The highest BCUT2D eigenvalue weighted by Gasteiger charge is 2.27. The zero-order valence-corrected chi connectivity index (χ0v) is 16.9. The number of carbonyl (C=O) groups is 1. The van der Waals surface area contributed by atoms with E-state index in [1.54, 1.807) is 30.3 Å². The van der Waals surface area contributed by atoms with Crippen molar-refractivity contribution >= 4 is 38.9 Å². The number of nitrogens with zero attached hydrogens (tertiary/aromatic N) is 2. The number of halogens is 1. The molecule has 1 aliphatic rings. The molecule has 0 aliphatic heterocycles. The average molecular weight is 420 g/mol. The van der Waals surface area contributed by atoms with Gasteiger partial charge in [0.05, 0.1) is 10.6 Å². The molecule has 0 spiro atoms. The number of anilines is 1. The molecule has 0 radical (unpaired) electrons. The summed E-state index contributed by atoms with van der Waals surface area (Å²) in [7, 11) is -3.94. The predicted molar refractivity (Wildman–Crippen MR) is 111 cm³/mol. The Balaban J connectivity index is 1.83. The Hall–Kier alpha value is -2.38. The van der Waals surface area contributed by atoms with Crippen molar-refractivity contribution in [2.24, 2.45) is 5.10 Å². The van der Waals surface area contributed by atoms with E-state index in [1.807, 2.05) is 0 Å². The lowest BCUT2D eigenvalue weighted by molar-refractivity contribution is -0.119. The molecule has 0 unspecified atom stereocenters. The van der Waals surface area contributed by atoms with Crippen LogP contribution >= 0.6 is 11.6 Å². The first-order chi connectivity index (χ1) is 13.5. The fraction of sp³-hybridized carbons (Fsp3) is 0.300. The molecule has 28 heavy (non-hydrogen) atoms. The van der Waals surface area contributed by atoms with Crippen molar-refractivity contribution < 1.29 is 13.2 Å². The van der Waals surface area contributed by atoms with Gasteiger partial charge in [-0.2, -0.15) is 5.10 Å². The van der Waals surface area contributed by atoms with E-state index in [1.165, 1.54) is 30.7 Å². The van der Waals surface area contributed by atoms with Crippen LogP contribution in [0.15, 0.2) is 64.6 Å². The standard InChI is InChI=1S/C20H22ClN3O3S/c21-16-11-13-19(14-12-16)28(26,27)24(18-9-5-2-6-10-18)15-20(25)23-22-17-7-3-1-4-8-17/h2,5-6,9-14H,1,3-4,7-8,15H2,(H,23,25). The van der Waals surface area contributed by atoms with Crippen LogP contribution in [0.3, 0.4) is 0 Å². The molecule has 1 aliphatic carbocycles. The molecule has 0 heterocycles. The molecule has 1 N–H and O–H groups in total. The van der Waals surface area contributed by atoms with E-state index in [2.05, 4.69) is 10.5 Å². The summed E-state index contributed by atoms with van der Waals surface area (Å²) < 4.78 is 27.4. The summed E-state index contributed by atoms with van der Waals surface area (Å²) >= 11 is 5.87. The minimum absolute atomic E-state index is 0.0622. The number of hydrogen-bond acceptors (Lipinski definition) is 4. The van der Waals surface area contributed by atoms with E-state index in [-0.39, 0.29) is 11.4 Å². The Morgan fingerprint density at radius 1 is 1.00 bits per heavy atom. The van der Waals surface area contributed by atoms with Gasteiger partial charge in [0, 0.05) is 10.7 Å². The smallest absolute Gasteiger partial charge is 0.264 e. The molecular weight excluding hydrogens is 398 g/mol. The Morgan fingerprint density at radius 3 is 2.29 bits per heavy atom. The highest BCUT2D eigenvalue weighted by molar-refractivity contribution is 7.92. The van der Waals surface area contributed by atoms with Gasteiger partial charge in [-0.1, -0.05) is 36.2 Å². The van der Waals surface area contributed by atoms with Crippen molar-refractivity contribution in [1.82, 2.24) is 5.43 Å². The second-order valence-electron chi connectivity index (χ2n) is 6.57. The number of sulfonamides is 1. The first-order valence-electron chi connectivity index (χ1n) is 9.14. The predicted octanol–water partition coefficient (Wildman–Crippen LogP) is 3.97. The van der Waals surface area contributed by atoms with Crippen molar-refractivity contribution in [1.29, 1.82) is 0 Å². The van der Waals surface area contributed by atoms with Gasteiger partial charge < -0.3 is 0 Å². The van der Waals surface area contributed by atoms with Gasteiger partial charge in [0.15, 0.2) is 0 Å². The highest BCUT2D eigenvalue weighted by atomic mass is 35.5. The van der Waals surface area contributed by atoms with Gasteiger partial charge in [0.1, 0.15) is 6.54 Å². The highest BCUT2D eigenvalue weighted by Crippen LogP contribution is 2.24. The molecule has 0 bridgehead atoms. The molecule has 2 aromatic carbocycles. The van der Waals surface area contributed by atoms with Gasteiger partial charge in [-0.15, -0.1) is 0 Å². The maximum atomic E-state index is 13.2. The molecule has 6 nitrogen and oxygen atoms in total. The SMILES string of the molecule is O=C(CN(c1ccccc1)S(=O)(=O)c1ccc(Cl)cc1)NN=C1CCCCC1. The van der Waals surface area contributed by atoms with E-state index < -0.39 is 15.9 Å². The van der Waals surface area contributed by atoms with Gasteiger partial charge in [-0.25, -0.2) is 13.8 Å². The molecular formula is C20H22ClN3O3S. The van der Waals surface area contributed by atoms with E-state index >= 15 is 0 Å². The van der Waals surface area contributed by atoms with Crippen LogP contribution in [0.1, 0.15) is 32.1 Å². The monoisotopic (exact) mass is 419 g/mol. The lowest BCUT2D eigenvalue weighted by Crippen LogP contribution is -2.39. The zero-order valence-electron chi connectivity index (χ0n) is 15.3. The number of hydrazone groups is 1. The van der Waals surface area contributed by atoms with Crippen molar-refractivity contribution in [2.75, 3.05) is 10.8 Å². The third kappa shape index (κ3) is 5.11. The number of amides is 1. The minimum Gasteiger partial charge on any atom is -0.271 e. The van der Waals surface area contributed by atoms with Crippen LogP contribution in [-0.4, -0.2) is 26.6 Å². The van der Waals surface area contributed by atoms with Crippen LogP contribution < -0.4 is 9.73 Å². The van der Waals surface area contributed by atoms with Crippen LogP contribution in [0.25, 0.3) is 0 Å². The van der Waals surface area contributed by atoms with Crippen molar-refractivity contribution in [2.45, 2.75) is 37.0 Å². The zero-order chi connectivity index (χ0) is 20.0. The largest absolute Gasteiger partial charge is 0.271 e. The van der Waals surface area contributed by atoms with Crippen molar-refractivity contribution in [3.05, 3.63) is 59.6 Å². The van der Waals surface area contributed by atoms with Gasteiger partial charge in [-0.3, -0.25) is 9.10 Å². The van der Waals surface area contributed by atoms with E-state index in [0.29, 0.717) is 10.7 Å². The minimum atomic E-state index is -3.94. The Morgan fingerprint density at radius 2 is 1.64 bits per heavy atom. The average Bonchev–Trinajstić information content (AvgIpc) is 2.72. The van der Waals surface area contributed by atoms with Gasteiger partial charge in [0.2, 0.25) is 0 Å². The summed E-state index contributed by atoms with van der Waals surface area (Å²) in [5, 5.41) is 4.61. The lowest BCUT2D eigenvalue weighted by Gasteiger charge is -2.23. The molecule has 3 rings (SSSR count). The van der Waals surface area contributed by atoms with Crippen LogP contribution in [0.5, 0.6) is 0 Å². The van der Waals surface area contributed by atoms with Crippen LogP contribution in [0.4, 0.5) is 5.69 Å². The molecule has 0 saturated heterocycles. The Bertz CT molecular complexity index is 936. The maximum Gasteiger partial charge on any atom is 0.264 e. The maximum absolute atomic E-state index is 13.2. The summed E-state index contributed by atoms with van der Waals surface area (Å²) in [6.45, 7) is -0.369. The molecule has 0 aromatic heterocycles. The fourth-order valence-corrected chi connectivity index (χ4v) is 4.57. The number of benzene rings is 2. The number of rotatable bonds is 6. The molecule has 0 atom stereocenters. The molecule has 2 aromatic rings. The summed E-state index contributed by atoms with van der Waals surface area (Å²) in [5.41, 5.74) is 3.86.